The van der Waals surface area contributed by atoms with Gasteiger partial charge in [-0.3, -0.25) is 4.79 Å². The minimum atomic E-state index is -0.0901. The average Bonchev–Trinajstić information content (AvgIpc) is 2.89. The van der Waals surface area contributed by atoms with E-state index >= 15 is 0 Å². The number of ether oxygens (including phenoxy) is 1. The van der Waals surface area contributed by atoms with Crippen LogP contribution < -0.4 is 10.2 Å². The zero-order chi connectivity index (χ0) is 17.1. The van der Waals surface area contributed by atoms with E-state index in [1.54, 1.807) is 13.2 Å². The lowest BCUT2D eigenvalue weighted by atomic mass is 10.1. The molecule has 0 fully saturated rings. The van der Waals surface area contributed by atoms with Crippen LogP contribution in [0.5, 0.6) is 0 Å². The fourth-order valence-corrected chi connectivity index (χ4v) is 3.02. The Hall–Kier alpha value is -2.47. The van der Waals surface area contributed by atoms with E-state index in [4.69, 9.17) is 4.74 Å². The first-order valence-corrected chi connectivity index (χ1v) is 8.10. The van der Waals surface area contributed by atoms with Crippen LogP contribution in [0.1, 0.15) is 28.7 Å². The number of carbonyl (C=O) groups is 1. The lowest BCUT2D eigenvalue weighted by Crippen LogP contribution is -2.36. The number of hydrogen-bond acceptors (Lipinski definition) is 5. The lowest BCUT2D eigenvalue weighted by molar-refractivity contribution is 0.0976. The number of nitrogens with zero attached hydrogens (tertiary/aromatic N) is 3. The summed E-state index contributed by atoms with van der Waals surface area (Å²) < 4.78 is 5.01. The summed E-state index contributed by atoms with van der Waals surface area (Å²) in [4.78, 5) is 23.6. The molecule has 1 N–H and O–H groups in total. The molecule has 1 unspecified atom stereocenters. The van der Waals surface area contributed by atoms with E-state index in [-0.39, 0.29) is 11.9 Å². The van der Waals surface area contributed by atoms with Gasteiger partial charge < -0.3 is 15.0 Å². The zero-order valence-electron chi connectivity index (χ0n) is 14.2. The molecule has 0 aliphatic carbocycles. The van der Waals surface area contributed by atoms with E-state index in [1.807, 2.05) is 30.0 Å². The number of benzene rings is 1. The van der Waals surface area contributed by atoms with Crippen molar-refractivity contribution >= 4 is 17.5 Å². The largest absolute Gasteiger partial charge is 0.383 e. The molecule has 0 bridgehead atoms. The normalized spacial score (nSPS) is 16.1. The Balaban J connectivity index is 1.87. The molecule has 1 aromatic carbocycles. The molecule has 0 radical (unpaired) electrons. The van der Waals surface area contributed by atoms with Crippen molar-refractivity contribution in [3.8, 4) is 0 Å². The first kappa shape index (κ1) is 16.4. The maximum atomic E-state index is 13.0. The van der Waals surface area contributed by atoms with Crippen LogP contribution in [0.2, 0.25) is 0 Å². The number of aromatic nitrogens is 2. The molecule has 1 aromatic heterocycles. The number of carbonyl (C=O) groups excluding carboxylic acids is 1. The van der Waals surface area contributed by atoms with Gasteiger partial charge in [0, 0.05) is 31.1 Å². The van der Waals surface area contributed by atoms with Crippen molar-refractivity contribution in [1.29, 1.82) is 0 Å². The molecular formula is C18H22N4O2. The van der Waals surface area contributed by atoms with Crippen LogP contribution in [-0.4, -0.2) is 42.2 Å². The highest BCUT2D eigenvalue weighted by Gasteiger charge is 2.32. The summed E-state index contributed by atoms with van der Waals surface area (Å²) in [5, 5.41) is 3.08. The molecule has 0 spiro atoms. The van der Waals surface area contributed by atoms with Gasteiger partial charge in [0.15, 0.2) is 0 Å². The predicted molar refractivity (Wildman–Crippen MR) is 93.6 cm³/mol. The zero-order valence-corrected chi connectivity index (χ0v) is 14.2. The van der Waals surface area contributed by atoms with Gasteiger partial charge in [0.25, 0.3) is 5.91 Å². The molecule has 0 saturated heterocycles. The highest BCUT2D eigenvalue weighted by Crippen LogP contribution is 2.32. The summed E-state index contributed by atoms with van der Waals surface area (Å²) in [5.41, 5.74) is 3.34. The van der Waals surface area contributed by atoms with Crippen molar-refractivity contribution in [3.63, 3.8) is 0 Å². The SMILES string of the molecule is COCCNc1nc(C)cc(C(=O)N2c3ccccc3CC2C)n1. The standard InChI is InChI=1S/C18H22N4O2/c1-12-10-15(21-18(20-12)19-8-9-24-3)17(23)22-13(2)11-14-6-4-5-7-16(14)22/h4-7,10,13H,8-9,11H2,1-3H3,(H,19,20,21). The summed E-state index contributed by atoms with van der Waals surface area (Å²) in [7, 11) is 1.64. The molecule has 1 amide bonds. The monoisotopic (exact) mass is 326 g/mol. The van der Waals surface area contributed by atoms with Gasteiger partial charge in [-0.1, -0.05) is 18.2 Å². The molecule has 1 aliphatic rings. The van der Waals surface area contributed by atoms with Crippen molar-refractivity contribution < 1.29 is 9.53 Å². The van der Waals surface area contributed by atoms with Crippen LogP contribution in [0.3, 0.4) is 0 Å². The van der Waals surface area contributed by atoms with Crippen molar-refractivity contribution in [2.24, 2.45) is 0 Å². The van der Waals surface area contributed by atoms with E-state index in [0.29, 0.717) is 24.8 Å². The number of amides is 1. The molecule has 24 heavy (non-hydrogen) atoms. The van der Waals surface area contributed by atoms with Crippen LogP contribution >= 0.6 is 0 Å². The second-order valence-corrected chi connectivity index (χ2v) is 5.99. The molecule has 2 aromatic rings. The fourth-order valence-electron chi connectivity index (χ4n) is 3.02. The fraction of sp³-hybridized carbons (Fsp3) is 0.389. The first-order valence-electron chi connectivity index (χ1n) is 8.10. The molecule has 126 valence electrons. The number of para-hydroxylation sites is 1. The van der Waals surface area contributed by atoms with E-state index in [2.05, 4.69) is 28.3 Å². The van der Waals surface area contributed by atoms with Gasteiger partial charge in [-0.2, -0.15) is 0 Å². The van der Waals surface area contributed by atoms with Crippen molar-refractivity contribution in [2.45, 2.75) is 26.3 Å². The molecular weight excluding hydrogens is 304 g/mol. The maximum Gasteiger partial charge on any atom is 0.277 e. The van der Waals surface area contributed by atoms with E-state index in [1.165, 1.54) is 5.56 Å². The van der Waals surface area contributed by atoms with Gasteiger partial charge in [0.05, 0.1) is 6.61 Å². The van der Waals surface area contributed by atoms with Gasteiger partial charge in [-0.05, 0) is 38.0 Å². The van der Waals surface area contributed by atoms with Crippen LogP contribution in [0, 0.1) is 6.92 Å². The highest BCUT2D eigenvalue weighted by atomic mass is 16.5. The Kier molecular flexibility index (Phi) is 4.76. The number of aryl methyl sites for hydroxylation is 1. The summed E-state index contributed by atoms with van der Waals surface area (Å²) in [6.45, 7) is 5.07. The second kappa shape index (κ2) is 6.97. The van der Waals surface area contributed by atoms with E-state index in [0.717, 1.165) is 17.8 Å². The smallest absolute Gasteiger partial charge is 0.277 e. The van der Waals surface area contributed by atoms with Crippen LogP contribution in [-0.2, 0) is 11.2 Å². The number of hydrogen-bond donors (Lipinski definition) is 1. The van der Waals surface area contributed by atoms with Crippen LogP contribution in [0.4, 0.5) is 11.6 Å². The molecule has 1 aliphatic heterocycles. The van der Waals surface area contributed by atoms with Gasteiger partial charge in [-0.15, -0.1) is 0 Å². The number of fused-ring (bicyclic) bond motifs is 1. The number of rotatable bonds is 5. The maximum absolute atomic E-state index is 13.0. The lowest BCUT2D eigenvalue weighted by Gasteiger charge is -2.22. The predicted octanol–water partition coefficient (Wildman–Crippen LogP) is 2.43. The molecule has 1 atom stereocenters. The third-order valence-electron chi connectivity index (χ3n) is 4.09. The Labute approximate surface area is 141 Å². The quantitative estimate of drug-likeness (QED) is 0.855. The highest BCUT2D eigenvalue weighted by molar-refractivity contribution is 6.06. The van der Waals surface area contributed by atoms with Crippen molar-refractivity contribution in [1.82, 2.24) is 9.97 Å². The van der Waals surface area contributed by atoms with Gasteiger partial charge in [0.1, 0.15) is 5.69 Å². The molecule has 6 nitrogen and oxygen atoms in total. The third-order valence-corrected chi connectivity index (χ3v) is 4.09. The van der Waals surface area contributed by atoms with Crippen LogP contribution in [0.15, 0.2) is 30.3 Å². The van der Waals surface area contributed by atoms with E-state index in [9.17, 15) is 4.79 Å². The van der Waals surface area contributed by atoms with E-state index < -0.39 is 0 Å². The minimum Gasteiger partial charge on any atom is -0.383 e. The summed E-state index contributed by atoms with van der Waals surface area (Å²) in [5.74, 6) is 0.364. The molecule has 3 rings (SSSR count). The first-order chi connectivity index (χ1) is 11.6. The average molecular weight is 326 g/mol. The third kappa shape index (κ3) is 3.23. The summed E-state index contributed by atoms with van der Waals surface area (Å²) in [6, 6.07) is 9.88. The Morgan fingerprint density at radius 3 is 2.96 bits per heavy atom. The Bertz CT molecular complexity index is 748. The molecule has 0 saturated carbocycles. The minimum absolute atomic E-state index is 0.0901. The summed E-state index contributed by atoms with van der Waals surface area (Å²) >= 11 is 0. The van der Waals surface area contributed by atoms with Gasteiger partial charge >= 0.3 is 0 Å². The van der Waals surface area contributed by atoms with Crippen molar-refractivity contribution in [2.75, 3.05) is 30.5 Å². The molecule has 2 heterocycles. The summed E-state index contributed by atoms with van der Waals surface area (Å²) in [6.07, 6.45) is 0.866. The van der Waals surface area contributed by atoms with Gasteiger partial charge in [-0.25, -0.2) is 9.97 Å². The van der Waals surface area contributed by atoms with Crippen LogP contribution in [0.25, 0.3) is 0 Å². The Morgan fingerprint density at radius 1 is 1.38 bits per heavy atom. The Morgan fingerprint density at radius 2 is 2.17 bits per heavy atom. The van der Waals surface area contributed by atoms with Gasteiger partial charge in [0.2, 0.25) is 5.95 Å². The number of nitrogens with one attached hydrogen (secondary N) is 1. The van der Waals surface area contributed by atoms with Crippen molar-refractivity contribution in [3.05, 3.63) is 47.3 Å². The second-order valence-electron chi connectivity index (χ2n) is 5.99. The number of methoxy groups -OCH3 is 1. The topological polar surface area (TPSA) is 67.3 Å². The number of anilines is 2. The molecule has 6 heteroatoms.